The summed E-state index contributed by atoms with van der Waals surface area (Å²) in [6.07, 6.45) is 8.70. The van der Waals surface area contributed by atoms with E-state index in [1.54, 1.807) is 24.7 Å². The molecule has 8 heteroatoms. The van der Waals surface area contributed by atoms with Crippen molar-refractivity contribution in [3.63, 3.8) is 0 Å². The summed E-state index contributed by atoms with van der Waals surface area (Å²) in [5, 5.41) is 12.3. The van der Waals surface area contributed by atoms with Crippen LogP contribution in [0.5, 0.6) is 5.75 Å². The largest absolute Gasteiger partial charge is 0.486 e. The zero-order chi connectivity index (χ0) is 19.4. The summed E-state index contributed by atoms with van der Waals surface area (Å²) in [5.74, 6) is 1.57. The van der Waals surface area contributed by atoms with Gasteiger partial charge in [-0.3, -0.25) is 9.20 Å². The van der Waals surface area contributed by atoms with Gasteiger partial charge in [-0.25, -0.2) is 4.98 Å². The van der Waals surface area contributed by atoms with Crippen LogP contribution in [0.15, 0.2) is 36.9 Å². The van der Waals surface area contributed by atoms with Crippen molar-refractivity contribution in [3.05, 3.63) is 47.5 Å². The van der Waals surface area contributed by atoms with Crippen LogP contribution in [0.2, 0.25) is 5.02 Å². The van der Waals surface area contributed by atoms with Crippen LogP contribution in [0.25, 0.3) is 5.65 Å². The van der Waals surface area contributed by atoms with Crippen LogP contribution in [0, 0.1) is 12.3 Å². The lowest BCUT2D eigenvalue weighted by Crippen LogP contribution is -2.71. The standard InChI is InChI=1S/C20H20ClN5O2/c1-13-6-15(2-3-16(13)21)28-8-14(27)7-19-9-20(10-19,11-19)24-17-18-25-23-12-26(18)5-4-22-17/h2-6,12H,7-11H2,1H3,(H,22,24). The molecule has 0 spiro atoms. The van der Waals surface area contributed by atoms with E-state index in [1.165, 1.54) is 0 Å². The fourth-order valence-electron chi connectivity index (χ4n) is 4.76. The van der Waals surface area contributed by atoms with Gasteiger partial charge in [0.25, 0.3) is 0 Å². The number of ketones is 1. The summed E-state index contributed by atoms with van der Waals surface area (Å²) in [4.78, 5) is 16.8. The maximum atomic E-state index is 12.4. The van der Waals surface area contributed by atoms with E-state index < -0.39 is 0 Å². The van der Waals surface area contributed by atoms with Gasteiger partial charge in [-0.15, -0.1) is 10.2 Å². The second-order valence-corrected chi connectivity index (χ2v) is 8.60. The average Bonchev–Trinajstić information content (AvgIpc) is 3.09. The zero-order valence-electron chi connectivity index (χ0n) is 15.5. The molecule has 0 atom stereocenters. The number of nitrogens with zero attached hydrogens (tertiary/aromatic N) is 4. The number of benzene rings is 1. The SMILES string of the molecule is Cc1cc(OCC(=O)CC23CC(Nc4nccn5cnnc45)(C2)C3)ccc1Cl. The van der Waals surface area contributed by atoms with Gasteiger partial charge in [-0.1, -0.05) is 11.6 Å². The molecule has 3 fully saturated rings. The summed E-state index contributed by atoms with van der Waals surface area (Å²) in [7, 11) is 0. The molecule has 0 amide bonds. The Kier molecular flexibility index (Phi) is 3.84. The van der Waals surface area contributed by atoms with Crippen LogP contribution >= 0.6 is 11.6 Å². The maximum absolute atomic E-state index is 12.4. The molecule has 1 aromatic carbocycles. The van der Waals surface area contributed by atoms with E-state index in [2.05, 4.69) is 20.5 Å². The van der Waals surface area contributed by atoms with E-state index in [4.69, 9.17) is 16.3 Å². The van der Waals surface area contributed by atoms with Gasteiger partial charge >= 0.3 is 0 Å². The molecule has 3 aliphatic carbocycles. The summed E-state index contributed by atoms with van der Waals surface area (Å²) < 4.78 is 7.49. The van der Waals surface area contributed by atoms with Crippen LogP contribution in [0.3, 0.4) is 0 Å². The number of hydrogen-bond acceptors (Lipinski definition) is 6. The molecule has 0 unspecified atom stereocenters. The molecule has 3 aliphatic rings. The quantitative estimate of drug-likeness (QED) is 0.657. The molecular weight excluding hydrogens is 378 g/mol. The summed E-state index contributed by atoms with van der Waals surface area (Å²) >= 11 is 6.02. The Morgan fingerprint density at radius 1 is 1.36 bits per heavy atom. The third-order valence-corrected chi connectivity index (χ3v) is 6.26. The van der Waals surface area contributed by atoms with Gasteiger partial charge in [-0.2, -0.15) is 0 Å². The van der Waals surface area contributed by atoms with Crippen molar-refractivity contribution in [1.29, 1.82) is 0 Å². The molecule has 1 N–H and O–H groups in total. The van der Waals surface area contributed by atoms with E-state index in [0.717, 1.165) is 36.3 Å². The Hall–Kier alpha value is -2.67. The summed E-state index contributed by atoms with van der Waals surface area (Å²) in [6.45, 7) is 2.02. The molecule has 3 saturated carbocycles. The molecule has 6 rings (SSSR count). The minimum atomic E-state index is 0.0369. The molecule has 0 aliphatic heterocycles. The number of hydrogen-bond donors (Lipinski definition) is 1. The number of fused-ring (bicyclic) bond motifs is 1. The molecule has 2 heterocycles. The first-order chi connectivity index (χ1) is 13.5. The number of aromatic nitrogens is 4. The average molecular weight is 398 g/mol. The highest BCUT2D eigenvalue weighted by molar-refractivity contribution is 6.31. The summed E-state index contributed by atoms with van der Waals surface area (Å²) in [5.41, 5.74) is 1.82. The van der Waals surface area contributed by atoms with Crippen LogP contribution in [0.1, 0.15) is 31.2 Å². The predicted octanol–water partition coefficient (Wildman–Crippen LogP) is 3.46. The predicted molar refractivity (Wildman–Crippen MR) is 105 cm³/mol. The monoisotopic (exact) mass is 397 g/mol. The van der Waals surface area contributed by atoms with Gasteiger partial charge in [0.15, 0.2) is 11.6 Å². The minimum absolute atomic E-state index is 0.0369. The number of ether oxygens (including phenoxy) is 1. The molecule has 7 nitrogen and oxygen atoms in total. The second-order valence-electron chi connectivity index (χ2n) is 8.19. The molecule has 0 radical (unpaired) electrons. The molecular formula is C20H20ClN5O2. The molecule has 2 aromatic heterocycles. The third-order valence-electron chi connectivity index (χ3n) is 5.84. The first-order valence-electron chi connectivity index (χ1n) is 9.29. The molecule has 144 valence electrons. The smallest absolute Gasteiger partial charge is 0.203 e. The number of carbonyl (C=O) groups excluding carboxylic acids is 1. The molecule has 0 saturated heterocycles. The minimum Gasteiger partial charge on any atom is -0.486 e. The summed E-state index contributed by atoms with van der Waals surface area (Å²) in [6, 6.07) is 5.44. The lowest BCUT2D eigenvalue weighted by molar-refractivity contribution is -0.147. The Balaban J connectivity index is 1.15. The van der Waals surface area contributed by atoms with E-state index in [0.29, 0.717) is 17.2 Å². The lowest BCUT2D eigenvalue weighted by atomic mass is 9.38. The van der Waals surface area contributed by atoms with Gasteiger partial charge < -0.3 is 10.1 Å². The van der Waals surface area contributed by atoms with Crippen molar-refractivity contribution < 1.29 is 9.53 Å². The normalized spacial score (nSPS) is 25.1. The van der Waals surface area contributed by atoms with Crippen molar-refractivity contribution in [2.24, 2.45) is 5.41 Å². The number of aryl methyl sites for hydroxylation is 1. The van der Waals surface area contributed by atoms with Gasteiger partial charge in [-0.05, 0) is 55.4 Å². The van der Waals surface area contributed by atoms with Gasteiger partial charge in [0, 0.05) is 29.4 Å². The van der Waals surface area contributed by atoms with Crippen LogP contribution in [-0.2, 0) is 4.79 Å². The van der Waals surface area contributed by atoms with Crippen LogP contribution < -0.4 is 10.1 Å². The lowest BCUT2D eigenvalue weighted by Gasteiger charge is -2.70. The number of anilines is 1. The number of nitrogens with one attached hydrogen (secondary N) is 1. The Bertz CT molecular complexity index is 1060. The third kappa shape index (κ3) is 2.90. The Morgan fingerprint density at radius 3 is 2.96 bits per heavy atom. The topological polar surface area (TPSA) is 81.4 Å². The highest BCUT2D eigenvalue weighted by atomic mass is 35.5. The number of Topliss-reactive ketones (excluding diaryl/α,β-unsaturated/α-hetero) is 1. The van der Waals surface area contributed by atoms with Crippen molar-refractivity contribution >= 4 is 28.8 Å². The van der Waals surface area contributed by atoms with Gasteiger partial charge in [0.2, 0.25) is 5.65 Å². The van der Waals surface area contributed by atoms with E-state index in [9.17, 15) is 4.79 Å². The van der Waals surface area contributed by atoms with E-state index in [1.807, 2.05) is 23.6 Å². The maximum Gasteiger partial charge on any atom is 0.203 e. The zero-order valence-corrected chi connectivity index (χ0v) is 16.2. The number of rotatable bonds is 7. The van der Waals surface area contributed by atoms with E-state index in [-0.39, 0.29) is 23.3 Å². The van der Waals surface area contributed by atoms with Crippen molar-refractivity contribution in [3.8, 4) is 5.75 Å². The number of halogens is 1. The second kappa shape index (κ2) is 6.17. The fourth-order valence-corrected chi connectivity index (χ4v) is 4.87. The van der Waals surface area contributed by atoms with E-state index >= 15 is 0 Å². The number of carbonyl (C=O) groups is 1. The first kappa shape index (κ1) is 17.4. The molecule has 28 heavy (non-hydrogen) atoms. The van der Waals surface area contributed by atoms with Crippen molar-refractivity contribution in [2.75, 3.05) is 11.9 Å². The molecule has 3 aromatic rings. The van der Waals surface area contributed by atoms with Crippen LogP contribution in [0.4, 0.5) is 5.82 Å². The first-order valence-corrected chi connectivity index (χ1v) is 9.67. The van der Waals surface area contributed by atoms with Crippen molar-refractivity contribution in [2.45, 2.75) is 38.1 Å². The van der Waals surface area contributed by atoms with Gasteiger partial charge in [0.05, 0.1) is 0 Å². The molecule has 2 bridgehead atoms. The Morgan fingerprint density at radius 2 is 2.18 bits per heavy atom. The fraction of sp³-hybridized carbons (Fsp3) is 0.400. The highest BCUT2D eigenvalue weighted by Crippen LogP contribution is 2.70. The highest BCUT2D eigenvalue weighted by Gasteiger charge is 2.68. The van der Waals surface area contributed by atoms with Gasteiger partial charge in [0.1, 0.15) is 18.7 Å². The van der Waals surface area contributed by atoms with Crippen molar-refractivity contribution in [1.82, 2.24) is 19.6 Å². The Labute approximate surface area is 167 Å². The van der Waals surface area contributed by atoms with Crippen LogP contribution in [-0.4, -0.2) is 37.5 Å².